The topological polar surface area (TPSA) is 97.7 Å². The van der Waals surface area contributed by atoms with E-state index in [0.717, 1.165) is 0 Å². The van der Waals surface area contributed by atoms with Gasteiger partial charge in [0.1, 0.15) is 11.9 Å². The van der Waals surface area contributed by atoms with E-state index >= 15 is 0 Å². The van der Waals surface area contributed by atoms with Crippen LogP contribution in [-0.4, -0.2) is 44.2 Å². The Balaban J connectivity index is 2.45. The summed E-state index contributed by atoms with van der Waals surface area (Å²) < 4.78 is 16.2. The predicted molar refractivity (Wildman–Crippen MR) is 71.2 cm³/mol. The second-order valence-electron chi connectivity index (χ2n) is 4.87. The lowest BCUT2D eigenvalue weighted by Crippen LogP contribution is -2.60. The number of methoxy groups -OCH3 is 2. The Labute approximate surface area is 117 Å². The Morgan fingerprint density at radius 3 is 2.60 bits per heavy atom. The molecule has 0 saturated carbocycles. The Hall–Kier alpha value is -1.65. The number of aliphatic hydroxyl groups excluding tert-OH is 1. The van der Waals surface area contributed by atoms with Crippen molar-refractivity contribution < 1.29 is 19.3 Å². The van der Waals surface area contributed by atoms with Crippen molar-refractivity contribution in [3.8, 4) is 11.8 Å². The van der Waals surface area contributed by atoms with Gasteiger partial charge in [-0.2, -0.15) is 5.26 Å². The van der Waals surface area contributed by atoms with E-state index in [1.165, 1.54) is 14.2 Å². The molecule has 20 heavy (non-hydrogen) atoms. The molecule has 0 bridgehead atoms. The van der Waals surface area contributed by atoms with Crippen LogP contribution in [0, 0.1) is 11.3 Å². The molecule has 1 heterocycles. The number of benzene rings is 1. The highest BCUT2D eigenvalue weighted by Gasteiger charge is 2.48. The molecule has 0 radical (unpaired) electrons. The Bertz CT molecular complexity index is 520. The number of rotatable bonds is 4. The predicted octanol–water partition coefficient (Wildman–Crippen LogP) is 0.343. The third kappa shape index (κ3) is 2.37. The zero-order chi connectivity index (χ0) is 14.8. The number of hydrogen-bond acceptors (Lipinski definition) is 6. The molecular weight excluding hydrogens is 260 g/mol. The van der Waals surface area contributed by atoms with Crippen LogP contribution in [0.3, 0.4) is 0 Å². The van der Waals surface area contributed by atoms with Gasteiger partial charge in [0.15, 0.2) is 5.60 Å². The molecule has 1 aromatic rings. The zero-order valence-corrected chi connectivity index (χ0v) is 11.5. The first-order valence-electron chi connectivity index (χ1n) is 6.22. The first kappa shape index (κ1) is 14.8. The van der Waals surface area contributed by atoms with Crippen molar-refractivity contribution in [2.75, 3.05) is 27.4 Å². The van der Waals surface area contributed by atoms with Crippen LogP contribution in [0.5, 0.6) is 5.75 Å². The van der Waals surface area contributed by atoms with Gasteiger partial charge in [-0.3, -0.25) is 0 Å². The number of aliphatic hydroxyl groups is 1. The SMILES string of the molecule is COCC1(COC)Oc2ccc(C#N)cc2[C@@H](N)[C@@H]1O. The molecule has 0 spiro atoms. The second kappa shape index (κ2) is 5.77. The molecule has 1 aromatic carbocycles. The van der Waals surface area contributed by atoms with Crippen LogP contribution in [0.25, 0.3) is 0 Å². The zero-order valence-electron chi connectivity index (χ0n) is 11.5. The molecule has 0 aromatic heterocycles. The van der Waals surface area contributed by atoms with E-state index in [1.807, 2.05) is 6.07 Å². The Morgan fingerprint density at radius 1 is 1.40 bits per heavy atom. The second-order valence-corrected chi connectivity index (χ2v) is 4.87. The highest BCUT2D eigenvalue weighted by Crippen LogP contribution is 2.39. The summed E-state index contributed by atoms with van der Waals surface area (Å²) in [7, 11) is 3.04. The van der Waals surface area contributed by atoms with E-state index in [0.29, 0.717) is 16.9 Å². The van der Waals surface area contributed by atoms with E-state index < -0.39 is 17.7 Å². The van der Waals surface area contributed by atoms with Crippen LogP contribution in [0.1, 0.15) is 17.2 Å². The molecule has 2 atom stereocenters. The minimum absolute atomic E-state index is 0.148. The molecule has 0 aliphatic carbocycles. The van der Waals surface area contributed by atoms with E-state index in [1.54, 1.807) is 18.2 Å². The van der Waals surface area contributed by atoms with Crippen LogP contribution in [0.4, 0.5) is 0 Å². The molecule has 6 heteroatoms. The fraction of sp³-hybridized carbons (Fsp3) is 0.500. The van der Waals surface area contributed by atoms with Crippen LogP contribution in [0.2, 0.25) is 0 Å². The molecule has 2 rings (SSSR count). The van der Waals surface area contributed by atoms with Crippen LogP contribution in [-0.2, 0) is 9.47 Å². The Morgan fingerprint density at radius 2 is 2.05 bits per heavy atom. The van der Waals surface area contributed by atoms with Crippen molar-refractivity contribution in [1.82, 2.24) is 0 Å². The normalized spacial score (nSPS) is 23.6. The standard InChI is InChI=1S/C14H18N2O4/c1-18-7-14(8-19-2)13(17)12(16)10-5-9(6-15)3-4-11(10)20-14/h3-5,12-13,17H,7-8,16H2,1-2H3/t12-,13+/m1/s1. The third-order valence-corrected chi connectivity index (χ3v) is 3.47. The van der Waals surface area contributed by atoms with Gasteiger partial charge in [0.05, 0.1) is 30.9 Å². The fourth-order valence-corrected chi connectivity index (χ4v) is 2.51. The number of nitriles is 1. The molecule has 0 amide bonds. The van der Waals surface area contributed by atoms with Crippen molar-refractivity contribution >= 4 is 0 Å². The van der Waals surface area contributed by atoms with E-state index in [4.69, 9.17) is 25.2 Å². The van der Waals surface area contributed by atoms with Gasteiger partial charge in [-0.1, -0.05) is 0 Å². The summed E-state index contributed by atoms with van der Waals surface area (Å²) in [6, 6.07) is 6.33. The number of nitrogens with two attached hydrogens (primary N) is 1. The smallest absolute Gasteiger partial charge is 0.183 e. The molecule has 0 saturated heterocycles. The quantitative estimate of drug-likeness (QED) is 0.824. The molecule has 1 aliphatic heterocycles. The number of nitrogens with zero attached hydrogens (tertiary/aromatic N) is 1. The maximum Gasteiger partial charge on any atom is 0.183 e. The van der Waals surface area contributed by atoms with E-state index in [-0.39, 0.29) is 13.2 Å². The summed E-state index contributed by atoms with van der Waals surface area (Å²) in [5, 5.41) is 19.4. The summed E-state index contributed by atoms with van der Waals surface area (Å²) in [5.74, 6) is 0.538. The fourth-order valence-electron chi connectivity index (χ4n) is 2.51. The van der Waals surface area contributed by atoms with Crippen molar-refractivity contribution in [3.05, 3.63) is 29.3 Å². The maximum absolute atomic E-state index is 10.5. The number of hydrogen-bond donors (Lipinski definition) is 2. The van der Waals surface area contributed by atoms with Crippen molar-refractivity contribution in [1.29, 1.82) is 5.26 Å². The van der Waals surface area contributed by atoms with Crippen LogP contribution >= 0.6 is 0 Å². The minimum Gasteiger partial charge on any atom is -0.479 e. The van der Waals surface area contributed by atoms with E-state index in [2.05, 4.69) is 0 Å². The van der Waals surface area contributed by atoms with Gasteiger partial charge >= 0.3 is 0 Å². The molecule has 1 aliphatic rings. The summed E-state index contributed by atoms with van der Waals surface area (Å²) in [5.41, 5.74) is 6.13. The van der Waals surface area contributed by atoms with Gasteiger partial charge in [0.2, 0.25) is 0 Å². The van der Waals surface area contributed by atoms with Crippen molar-refractivity contribution in [3.63, 3.8) is 0 Å². The van der Waals surface area contributed by atoms with Gasteiger partial charge in [-0.25, -0.2) is 0 Å². The first-order chi connectivity index (χ1) is 9.57. The first-order valence-corrected chi connectivity index (χ1v) is 6.22. The summed E-state index contributed by atoms with van der Waals surface area (Å²) in [4.78, 5) is 0. The van der Waals surface area contributed by atoms with Crippen molar-refractivity contribution in [2.45, 2.75) is 17.7 Å². The largest absolute Gasteiger partial charge is 0.479 e. The molecule has 0 unspecified atom stereocenters. The molecule has 0 fully saturated rings. The average molecular weight is 278 g/mol. The third-order valence-electron chi connectivity index (χ3n) is 3.47. The molecule has 108 valence electrons. The summed E-state index contributed by atoms with van der Waals surface area (Å²) >= 11 is 0. The lowest BCUT2D eigenvalue weighted by atomic mass is 9.85. The van der Waals surface area contributed by atoms with Crippen molar-refractivity contribution in [2.24, 2.45) is 5.73 Å². The molecular formula is C14H18N2O4. The molecule has 6 nitrogen and oxygen atoms in total. The Kier molecular flexibility index (Phi) is 4.26. The van der Waals surface area contributed by atoms with Gasteiger partial charge in [0, 0.05) is 19.8 Å². The highest BCUT2D eigenvalue weighted by molar-refractivity contribution is 5.46. The lowest BCUT2D eigenvalue weighted by Gasteiger charge is -2.44. The van der Waals surface area contributed by atoms with E-state index in [9.17, 15) is 5.11 Å². The number of fused-ring (bicyclic) bond motifs is 1. The van der Waals surface area contributed by atoms with Gasteiger partial charge < -0.3 is 25.1 Å². The van der Waals surface area contributed by atoms with Crippen LogP contribution < -0.4 is 10.5 Å². The highest BCUT2D eigenvalue weighted by atomic mass is 16.6. The van der Waals surface area contributed by atoms with Crippen LogP contribution in [0.15, 0.2) is 18.2 Å². The van der Waals surface area contributed by atoms with Gasteiger partial charge in [0.25, 0.3) is 0 Å². The average Bonchev–Trinajstić information content (AvgIpc) is 2.45. The lowest BCUT2D eigenvalue weighted by molar-refractivity contribution is -0.144. The number of ether oxygens (including phenoxy) is 3. The van der Waals surface area contributed by atoms with Gasteiger partial charge in [-0.15, -0.1) is 0 Å². The van der Waals surface area contributed by atoms with Gasteiger partial charge in [-0.05, 0) is 18.2 Å². The maximum atomic E-state index is 10.5. The minimum atomic E-state index is -1.05. The summed E-state index contributed by atoms with van der Waals surface area (Å²) in [6.45, 7) is 0.296. The molecule has 3 N–H and O–H groups in total. The monoisotopic (exact) mass is 278 g/mol. The summed E-state index contributed by atoms with van der Waals surface area (Å²) in [6.07, 6.45) is -0.996.